The van der Waals surface area contributed by atoms with Crippen LogP contribution in [-0.2, 0) is 4.79 Å². The molecule has 1 saturated heterocycles. The average Bonchev–Trinajstić information content (AvgIpc) is 3.24. The Balaban J connectivity index is 1.35. The van der Waals surface area contributed by atoms with Crippen LogP contribution in [0.25, 0.3) is 17.5 Å². The summed E-state index contributed by atoms with van der Waals surface area (Å²) in [6.07, 6.45) is 4.75. The monoisotopic (exact) mass is 327 g/mol. The summed E-state index contributed by atoms with van der Waals surface area (Å²) in [4.78, 5) is 18.2. The van der Waals surface area contributed by atoms with Gasteiger partial charge in [0.15, 0.2) is 0 Å². The van der Waals surface area contributed by atoms with Crippen LogP contribution < -0.4 is 0 Å². The molecule has 0 radical (unpaired) electrons. The van der Waals surface area contributed by atoms with Gasteiger partial charge in [-0.15, -0.1) is 0 Å². The van der Waals surface area contributed by atoms with Crippen LogP contribution in [0.15, 0.2) is 50.2 Å². The third kappa shape index (κ3) is 2.83. The lowest BCUT2D eigenvalue weighted by atomic mass is 10.00. The van der Waals surface area contributed by atoms with Crippen molar-refractivity contribution in [3.8, 4) is 11.4 Å². The first-order valence-corrected chi connectivity index (χ1v) is 8.10. The van der Waals surface area contributed by atoms with E-state index >= 15 is 0 Å². The van der Waals surface area contributed by atoms with Crippen molar-refractivity contribution in [1.82, 2.24) is 15.0 Å². The van der Waals surface area contributed by atoms with Crippen molar-refractivity contribution in [3.05, 3.63) is 52.9 Å². The summed E-state index contributed by atoms with van der Waals surface area (Å²) < 4.78 is 10.5. The summed E-state index contributed by atoms with van der Waals surface area (Å²) in [5, 5.41) is 7.94. The highest BCUT2D eigenvalue weighted by Gasteiger charge is 2.34. The molecule has 7 heteroatoms. The molecular formula is C16H13N3O3S. The molecule has 6 nitrogen and oxygen atoms in total. The van der Waals surface area contributed by atoms with Crippen LogP contribution in [0.1, 0.15) is 17.6 Å². The number of amides is 1. The lowest BCUT2D eigenvalue weighted by Crippen LogP contribution is -2.47. The van der Waals surface area contributed by atoms with Crippen molar-refractivity contribution in [2.24, 2.45) is 0 Å². The normalized spacial score (nSPS) is 15.2. The minimum Gasteiger partial charge on any atom is -0.465 e. The summed E-state index contributed by atoms with van der Waals surface area (Å²) in [7, 11) is 0. The molecule has 0 bridgehead atoms. The number of furan rings is 1. The van der Waals surface area contributed by atoms with E-state index in [0.29, 0.717) is 30.6 Å². The van der Waals surface area contributed by atoms with Crippen molar-refractivity contribution in [3.63, 3.8) is 0 Å². The van der Waals surface area contributed by atoms with E-state index < -0.39 is 0 Å². The van der Waals surface area contributed by atoms with Gasteiger partial charge in [-0.05, 0) is 29.7 Å². The highest BCUT2D eigenvalue weighted by Crippen LogP contribution is 2.28. The predicted octanol–water partition coefficient (Wildman–Crippen LogP) is 3.03. The van der Waals surface area contributed by atoms with Gasteiger partial charge in [0.25, 0.3) is 0 Å². The summed E-state index contributed by atoms with van der Waals surface area (Å²) >= 11 is 1.59. The molecule has 0 aromatic carbocycles. The molecule has 0 atom stereocenters. The fraction of sp³-hybridized carbons (Fsp3) is 0.188. The molecule has 0 saturated carbocycles. The number of carbonyl (C=O) groups is 1. The predicted molar refractivity (Wildman–Crippen MR) is 84.7 cm³/mol. The summed E-state index contributed by atoms with van der Waals surface area (Å²) in [6, 6.07) is 5.53. The molecule has 0 unspecified atom stereocenters. The van der Waals surface area contributed by atoms with Crippen LogP contribution in [0, 0.1) is 0 Å². The maximum absolute atomic E-state index is 12.0. The fourth-order valence-electron chi connectivity index (χ4n) is 2.37. The summed E-state index contributed by atoms with van der Waals surface area (Å²) in [5.41, 5.74) is 0.957. The highest BCUT2D eigenvalue weighted by atomic mass is 32.1. The molecule has 1 aliphatic heterocycles. The number of likely N-dealkylation sites (tertiary alicyclic amines) is 1. The molecule has 116 valence electrons. The first-order valence-electron chi connectivity index (χ1n) is 7.16. The second kappa shape index (κ2) is 5.85. The Morgan fingerprint density at radius 2 is 2.30 bits per heavy atom. The van der Waals surface area contributed by atoms with Gasteiger partial charge in [-0.25, -0.2) is 0 Å². The Morgan fingerprint density at radius 1 is 1.39 bits per heavy atom. The molecule has 1 fully saturated rings. The summed E-state index contributed by atoms with van der Waals surface area (Å²) in [6.45, 7) is 1.18. The number of carbonyl (C=O) groups excluding carboxylic acids is 1. The second-order valence-electron chi connectivity index (χ2n) is 5.26. The minimum absolute atomic E-state index is 0.0461. The van der Waals surface area contributed by atoms with Gasteiger partial charge in [0.1, 0.15) is 5.76 Å². The van der Waals surface area contributed by atoms with E-state index in [2.05, 4.69) is 10.1 Å². The van der Waals surface area contributed by atoms with Crippen molar-refractivity contribution >= 4 is 23.3 Å². The maximum Gasteiger partial charge on any atom is 0.246 e. The molecule has 23 heavy (non-hydrogen) atoms. The Hall–Kier alpha value is -2.67. The zero-order valence-electron chi connectivity index (χ0n) is 12.1. The van der Waals surface area contributed by atoms with Crippen molar-refractivity contribution < 1.29 is 13.7 Å². The molecule has 0 N–H and O–H groups in total. The third-order valence-corrected chi connectivity index (χ3v) is 4.38. The molecular weight excluding hydrogens is 314 g/mol. The quantitative estimate of drug-likeness (QED) is 0.689. The van der Waals surface area contributed by atoms with Crippen LogP contribution in [0.5, 0.6) is 0 Å². The maximum atomic E-state index is 12.0. The van der Waals surface area contributed by atoms with Crippen molar-refractivity contribution in [2.75, 3.05) is 13.1 Å². The van der Waals surface area contributed by atoms with Crippen LogP contribution in [0.4, 0.5) is 0 Å². The topological polar surface area (TPSA) is 72.4 Å². The molecule has 3 aromatic rings. The van der Waals surface area contributed by atoms with E-state index in [-0.39, 0.29) is 11.8 Å². The number of nitrogens with zero attached hydrogens (tertiary/aromatic N) is 3. The first-order chi connectivity index (χ1) is 11.3. The average molecular weight is 327 g/mol. The van der Waals surface area contributed by atoms with Gasteiger partial charge >= 0.3 is 0 Å². The van der Waals surface area contributed by atoms with Crippen LogP contribution in [-0.4, -0.2) is 34.0 Å². The lowest BCUT2D eigenvalue weighted by Gasteiger charge is -2.36. The van der Waals surface area contributed by atoms with Gasteiger partial charge in [-0.3, -0.25) is 4.79 Å². The lowest BCUT2D eigenvalue weighted by molar-refractivity contribution is -0.130. The standard InChI is InChI=1S/C16H13N3O3S/c20-14(4-3-13-2-1-6-21-13)19-8-12(9-19)16-17-15(18-22-16)11-5-7-23-10-11/h1-7,10,12H,8-9H2. The largest absolute Gasteiger partial charge is 0.465 e. The smallest absolute Gasteiger partial charge is 0.246 e. The third-order valence-electron chi connectivity index (χ3n) is 3.70. The number of hydrogen-bond donors (Lipinski definition) is 0. The SMILES string of the molecule is O=C(C=Cc1ccco1)N1CC(c2nc(-c3ccsc3)no2)C1. The Morgan fingerprint density at radius 3 is 3.04 bits per heavy atom. The minimum atomic E-state index is -0.0461. The van der Waals surface area contributed by atoms with Gasteiger partial charge < -0.3 is 13.8 Å². The van der Waals surface area contributed by atoms with E-state index in [4.69, 9.17) is 8.94 Å². The molecule has 4 heterocycles. The van der Waals surface area contributed by atoms with Gasteiger partial charge in [0.2, 0.25) is 17.6 Å². The fourth-order valence-corrected chi connectivity index (χ4v) is 3.00. The van der Waals surface area contributed by atoms with E-state index in [1.165, 1.54) is 6.08 Å². The van der Waals surface area contributed by atoms with Crippen LogP contribution >= 0.6 is 11.3 Å². The Labute approximate surface area is 136 Å². The van der Waals surface area contributed by atoms with Crippen molar-refractivity contribution in [1.29, 1.82) is 0 Å². The zero-order valence-corrected chi connectivity index (χ0v) is 12.9. The first kappa shape index (κ1) is 14.0. The molecule has 0 aliphatic carbocycles. The van der Waals surface area contributed by atoms with Crippen LogP contribution in [0.2, 0.25) is 0 Å². The molecule has 4 rings (SSSR count). The number of rotatable bonds is 4. The number of thiophene rings is 1. The van der Waals surface area contributed by atoms with E-state index in [1.54, 1.807) is 40.7 Å². The molecule has 1 aliphatic rings. The second-order valence-corrected chi connectivity index (χ2v) is 6.04. The molecule has 1 amide bonds. The van der Waals surface area contributed by atoms with Gasteiger partial charge in [-0.1, -0.05) is 5.16 Å². The van der Waals surface area contributed by atoms with E-state index in [1.807, 2.05) is 16.8 Å². The van der Waals surface area contributed by atoms with Gasteiger partial charge in [0.05, 0.1) is 12.2 Å². The summed E-state index contributed by atoms with van der Waals surface area (Å²) in [5.74, 6) is 1.91. The van der Waals surface area contributed by atoms with Crippen LogP contribution in [0.3, 0.4) is 0 Å². The zero-order chi connectivity index (χ0) is 15.6. The Kier molecular flexibility index (Phi) is 3.55. The van der Waals surface area contributed by atoms with Crippen molar-refractivity contribution in [2.45, 2.75) is 5.92 Å². The van der Waals surface area contributed by atoms with Gasteiger partial charge in [0, 0.05) is 30.1 Å². The van der Waals surface area contributed by atoms with E-state index in [0.717, 1.165) is 5.56 Å². The molecule has 3 aromatic heterocycles. The highest BCUT2D eigenvalue weighted by molar-refractivity contribution is 7.08. The van der Waals surface area contributed by atoms with E-state index in [9.17, 15) is 4.79 Å². The number of aromatic nitrogens is 2. The number of hydrogen-bond acceptors (Lipinski definition) is 6. The van der Waals surface area contributed by atoms with Gasteiger partial charge in [-0.2, -0.15) is 16.3 Å². The Bertz CT molecular complexity index is 815. The molecule has 0 spiro atoms.